The molecule has 1 amide bonds. The summed E-state index contributed by atoms with van der Waals surface area (Å²) < 4.78 is 26.3. The van der Waals surface area contributed by atoms with Gasteiger partial charge in [-0.3, -0.25) is 4.79 Å². The molecule has 0 bridgehead atoms. The number of benzene rings is 1. The van der Waals surface area contributed by atoms with Crippen LogP contribution in [0.15, 0.2) is 29.2 Å². The number of amides is 1. The maximum atomic E-state index is 12.8. The van der Waals surface area contributed by atoms with E-state index in [2.05, 4.69) is 10.6 Å². The highest BCUT2D eigenvalue weighted by Gasteiger charge is 2.49. The molecule has 0 aromatic heterocycles. The lowest BCUT2D eigenvalue weighted by Gasteiger charge is -2.24. The van der Waals surface area contributed by atoms with Gasteiger partial charge in [0.15, 0.2) is 0 Å². The van der Waals surface area contributed by atoms with Crippen LogP contribution in [0.1, 0.15) is 29.6 Å². The zero-order valence-corrected chi connectivity index (χ0v) is 14.9. The molecule has 3 atom stereocenters. The summed E-state index contributed by atoms with van der Waals surface area (Å²) in [5.41, 5.74) is 0.270. The van der Waals surface area contributed by atoms with Crippen molar-refractivity contribution in [3.63, 3.8) is 0 Å². The number of nitrogens with zero attached hydrogens (tertiary/aromatic N) is 1. The van der Waals surface area contributed by atoms with Gasteiger partial charge in [0.2, 0.25) is 10.0 Å². The molecule has 7 nitrogen and oxygen atoms in total. The van der Waals surface area contributed by atoms with E-state index in [4.69, 9.17) is 6.42 Å². The Balaban J connectivity index is 1.80. The molecule has 1 aromatic rings. The van der Waals surface area contributed by atoms with Crippen LogP contribution in [0.5, 0.6) is 0 Å². The van der Waals surface area contributed by atoms with Crippen LogP contribution in [0.4, 0.5) is 0 Å². The first kappa shape index (κ1) is 18.4. The van der Waals surface area contributed by atoms with Gasteiger partial charge in [0.25, 0.3) is 5.91 Å². The summed E-state index contributed by atoms with van der Waals surface area (Å²) in [5, 5.41) is 9.56. The maximum absolute atomic E-state index is 12.8. The first-order chi connectivity index (χ1) is 12.3. The van der Waals surface area contributed by atoms with Crippen molar-refractivity contribution in [3.8, 4) is 12.3 Å². The van der Waals surface area contributed by atoms with Gasteiger partial charge in [-0.1, -0.05) is 12.3 Å². The standard InChI is InChI=1S/C18H20N2O5S/c1-2-10-19-26(24,25)14-8-6-12(7-9-14)17(21)20-11-13-4-3-5-15(13)16(20)18(22)23/h1,6-9,13,15-16,19H,3-5,10-11H2,(H,22,23). The van der Waals surface area contributed by atoms with E-state index >= 15 is 0 Å². The lowest BCUT2D eigenvalue weighted by atomic mass is 9.94. The van der Waals surface area contributed by atoms with Crippen molar-refractivity contribution in [2.24, 2.45) is 11.8 Å². The van der Waals surface area contributed by atoms with E-state index in [0.29, 0.717) is 6.54 Å². The molecule has 8 heteroatoms. The van der Waals surface area contributed by atoms with Crippen LogP contribution in [-0.4, -0.2) is 49.4 Å². The molecule has 1 saturated carbocycles. The molecule has 0 radical (unpaired) electrons. The number of sulfonamides is 1. The van der Waals surface area contributed by atoms with Gasteiger partial charge < -0.3 is 10.0 Å². The Morgan fingerprint density at radius 3 is 2.58 bits per heavy atom. The second-order valence-corrected chi connectivity index (χ2v) is 8.42. The van der Waals surface area contributed by atoms with Crippen molar-refractivity contribution in [1.29, 1.82) is 0 Å². The summed E-state index contributed by atoms with van der Waals surface area (Å²) in [4.78, 5) is 25.9. The first-order valence-electron chi connectivity index (χ1n) is 8.42. The molecule has 2 fully saturated rings. The van der Waals surface area contributed by atoms with E-state index in [-0.39, 0.29) is 34.7 Å². The number of carboxylic acids is 1. The molecule has 138 valence electrons. The summed E-state index contributed by atoms with van der Waals surface area (Å²) in [6.45, 7) is 0.310. The zero-order chi connectivity index (χ0) is 18.9. The Labute approximate surface area is 152 Å². The minimum atomic E-state index is -3.73. The summed E-state index contributed by atoms with van der Waals surface area (Å²) in [6, 6.07) is 4.63. The highest BCUT2D eigenvalue weighted by Crippen LogP contribution is 2.42. The number of rotatable bonds is 5. The number of terminal acetylenes is 1. The summed E-state index contributed by atoms with van der Waals surface area (Å²) >= 11 is 0. The highest BCUT2D eigenvalue weighted by atomic mass is 32.2. The largest absolute Gasteiger partial charge is 0.480 e. The molecule has 3 unspecified atom stereocenters. The van der Waals surface area contributed by atoms with Crippen LogP contribution in [0, 0.1) is 24.2 Å². The predicted molar refractivity (Wildman–Crippen MR) is 93.8 cm³/mol. The zero-order valence-electron chi connectivity index (χ0n) is 14.1. The van der Waals surface area contributed by atoms with Gasteiger partial charge in [0, 0.05) is 12.1 Å². The van der Waals surface area contributed by atoms with Gasteiger partial charge in [0.1, 0.15) is 6.04 Å². The second kappa shape index (κ2) is 7.09. The molecule has 1 heterocycles. The molecule has 1 aliphatic carbocycles. The molecule has 1 aromatic carbocycles. The molecular weight excluding hydrogens is 356 g/mol. The third-order valence-electron chi connectivity index (χ3n) is 5.18. The number of carbonyl (C=O) groups is 2. The van der Waals surface area contributed by atoms with Crippen LogP contribution in [0.3, 0.4) is 0 Å². The number of nitrogens with one attached hydrogen (secondary N) is 1. The summed E-state index contributed by atoms with van der Waals surface area (Å²) in [5.74, 6) is 1.06. The average molecular weight is 376 g/mol. The minimum absolute atomic E-state index is 0.00243. The number of hydrogen-bond donors (Lipinski definition) is 2. The normalized spacial score (nSPS) is 24.9. The fourth-order valence-electron chi connectivity index (χ4n) is 3.99. The van der Waals surface area contributed by atoms with Crippen molar-refractivity contribution >= 4 is 21.9 Å². The predicted octanol–water partition coefficient (Wildman–Crippen LogP) is 0.923. The molecule has 2 N–H and O–H groups in total. The fraction of sp³-hybridized carbons (Fsp3) is 0.444. The topological polar surface area (TPSA) is 104 Å². The van der Waals surface area contributed by atoms with Crippen molar-refractivity contribution in [2.75, 3.05) is 13.1 Å². The van der Waals surface area contributed by atoms with E-state index in [1.54, 1.807) is 0 Å². The molecule has 2 aliphatic rings. The van der Waals surface area contributed by atoms with E-state index in [0.717, 1.165) is 19.3 Å². The van der Waals surface area contributed by atoms with Crippen molar-refractivity contribution in [3.05, 3.63) is 29.8 Å². The van der Waals surface area contributed by atoms with E-state index in [9.17, 15) is 23.1 Å². The van der Waals surface area contributed by atoms with Gasteiger partial charge in [-0.15, -0.1) is 6.42 Å². The maximum Gasteiger partial charge on any atom is 0.326 e. The van der Waals surface area contributed by atoms with Gasteiger partial charge in [-0.05, 0) is 48.9 Å². The van der Waals surface area contributed by atoms with E-state index < -0.39 is 22.0 Å². The van der Waals surface area contributed by atoms with Crippen LogP contribution in [0.25, 0.3) is 0 Å². The quantitative estimate of drug-likeness (QED) is 0.744. The van der Waals surface area contributed by atoms with Gasteiger partial charge in [0.05, 0.1) is 11.4 Å². The lowest BCUT2D eigenvalue weighted by Crippen LogP contribution is -2.43. The number of fused-ring (bicyclic) bond motifs is 1. The van der Waals surface area contributed by atoms with Gasteiger partial charge in [-0.25, -0.2) is 13.2 Å². The number of aliphatic carboxylic acids is 1. The third-order valence-corrected chi connectivity index (χ3v) is 6.60. The Bertz CT molecular complexity index is 857. The Kier molecular flexibility index (Phi) is 5.03. The van der Waals surface area contributed by atoms with Crippen LogP contribution < -0.4 is 4.72 Å². The van der Waals surface area contributed by atoms with Crippen molar-refractivity contribution < 1.29 is 23.1 Å². The Morgan fingerprint density at radius 1 is 1.27 bits per heavy atom. The summed E-state index contributed by atoms with van der Waals surface area (Å²) in [7, 11) is -3.73. The lowest BCUT2D eigenvalue weighted by molar-refractivity contribution is -0.142. The average Bonchev–Trinajstić information content (AvgIpc) is 3.20. The Hall–Kier alpha value is -2.37. The molecule has 0 spiro atoms. The molecule has 1 aliphatic heterocycles. The van der Waals surface area contributed by atoms with Crippen LogP contribution in [0.2, 0.25) is 0 Å². The molecule has 3 rings (SSSR count). The fourth-order valence-corrected chi connectivity index (χ4v) is 4.93. The molecular formula is C18H20N2O5S. The molecule has 1 saturated heterocycles. The van der Waals surface area contributed by atoms with Crippen molar-refractivity contribution in [2.45, 2.75) is 30.2 Å². The Morgan fingerprint density at radius 2 is 1.96 bits per heavy atom. The number of carboxylic acid groups (broad SMARTS) is 1. The smallest absolute Gasteiger partial charge is 0.326 e. The second-order valence-electron chi connectivity index (χ2n) is 6.65. The molecule has 26 heavy (non-hydrogen) atoms. The summed E-state index contributed by atoms with van der Waals surface area (Å²) in [6.07, 6.45) is 7.81. The highest BCUT2D eigenvalue weighted by molar-refractivity contribution is 7.89. The van der Waals surface area contributed by atoms with Gasteiger partial charge >= 0.3 is 5.97 Å². The van der Waals surface area contributed by atoms with Crippen LogP contribution >= 0.6 is 0 Å². The SMILES string of the molecule is C#CCNS(=O)(=O)c1ccc(C(=O)N2CC3CCCC3C2C(=O)O)cc1. The first-order valence-corrected chi connectivity index (χ1v) is 9.90. The van der Waals surface area contributed by atoms with E-state index in [1.807, 2.05) is 0 Å². The number of likely N-dealkylation sites (tertiary alicyclic amines) is 1. The van der Waals surface area contributed by atoms with Crippen LogP contribution in [-0.2, 0) is 14.8 Å². The van der Waals surface area contributed by atoms with Crippen molar-refractivity contribution in [1.82, 2.24) is 9.62 Å². The monoisotopic (exact) mass is 376 g/mol. The number of hydrogen-bond acceptors (Lipinski definition) is 4. The minimum Gasteiger partial charge on any atom is -0.480 e. The number of carbonyl (C=O) groups excluding carboxylic acids is 1. The van der Waals surface area contributed by atoms with Gasteiger partial charge in [-0.2, -0.15) is 4.72 Å². The van der Waals surface area contributed by atoms with E-state index in [1.165, 1.54) is 29.2 Å². The third kappa shape index (κ3) is 3.32.